The van der Waals surface area contributed by atoms with Crippen molar-refractivity contribution >= 4 is 0 Å². The Kier molecular flexibility index (Phi) is 6.00. The van der Waals surface area contributed by atoms with Gasteiger partial charge in [0.25, 0.3) is 5.56 Å². The third-order valence-electron chi connectivity index (χ3n) is 4.02. The fourth-order valence-corrected chi connectivity index (χ4v) is 3.01. The predicted molar refractivity (Wildman–Crippen MR) is 85.8 cm³/mol. The van der Waals surface area contributed by atoms with Crippen molar-refractivity contribution in [1.29, 1.82) is 0 Å². The van der Waals surface area contributed by atoms with E-state index >= 15 is 0 Å². The van der Waals surface area contributed by atoms with Crippen molar-refractivity contribution in [2.75, 3.05) is 20.3 Å². The molecule has 0 bridgehead atoms. The molecule has 1 aliphatic rings. The van der Waals surface area contributed by atoms with Crippen molar-refractivity contribution in [3.63, 3.8) is 0 Å². The van der Waals surface area contributed by atoms with Crippen LogP contribution < -0.4 is 10.9 Å². The molecule has 0 atom stereocenters. The first-order valence-corrected chi connectivity index (χ1v) is 8.07. The molecule has 4 heteroatoms. The van der Waals surface area contributed by atoms with Crippen molar-refractivity contribution in [3.05, 3.63) is 33.2 Å². The second-order valence-corrected chi connectivity index (χ2v) is 6.32. The molecule has 0 radical (unpaired) electrons. The van der Waals surface area contributed by atoms with Gasteiger partial charge in [-0.1, -0.05) is 13.8 Å². The Morgan fingerprint density at radius 2 is 2.19 bits per heavy atom. The minimum absolute atomic E-state index is 0.183. The minimum Gasteiger partial charge on any atom is -0.385 e. The minimum atomic E-state index is 0.183. The summed E-state index contributed by atoms with van der Waals surface area (Å²) in [5.41, 5.74) is 3.72. The van der Waals surface area contributed by atoms with Crippen LogP contribution in [0.3, 0.4) is 0 Å². The Labute approximate surface area is 127 Å². The van der Waals surface area contributed by atoms with E-state index in [2.05, 4.69) is 25.2 Å². The molecular formula is C17H28N2O2. The van der Waals surface area contributed by atoms with E-state index in [4.69, 9.17) is 4.74 Å². The molecule has 0 spiro atoms. The number of rotatable bonds is 8. The summed E-state index contributed by atoms with van der Waals surface area (Å²) in [7, 11) is 1.71. The molecule has 21 heavy (non-hydrogen) atoms. The van der Waals surface area contributed by atoms with E-state index in [-0.39, 0.29) is 5.56 Å². The molecule has 1 aromatic heterocycles. The molecular weight excluding hydrogens is 264 g/mol. The summed E-state index contributed by atoms with van der Waals surface area (Å²) >= 11 is 0. The molecule has 0 unspecified atom stereocenters. The van der Waals surface area contributed by atoms with E-state index in [9.17, 15) is 4.79 Å². The topological polar surface area (TPSA) is 43.3 Å². The van der Waals surface area contributed by atoms with Gasteiger partial charge in [0.1, 0.15) is 0 Å². The van der Waals surface area contributed by atoms with E-state index in [0.717, 1.165) is 37.9 Å². The standard InChI is InChI=1S/C17H28N2O2/c1-13(2)11-18-12-15-10-14-6-4-7-16(14)19(17(15)20)8-5-9-21-3/h10,13,18H,4-9,11-12H2,1-3H3. The number of hydrogen-bond donors (Lipinski definition) is 1. The highest BCUT2D eigenvalue weighted by molar-refractivity contribution is 5.30. The summed E-state index contributed by atoms with van der Waals surface area (Å²) in [4.78, 5) is 12.7. The van der Waals surface area contributed by atoms with Crippen molar-refractivity contribution in [2.45, 2.75) is 52.6 Å². The van der Waals surface area contributed by atoms with Crippen LogP contribution in [0.25, 0.3) is 0 Å². The monoisotopic (exact) mass is 292 g/mol. The smallest absolute Gasteiger partial charge is 0.255 e. The van der Waals surface area contributed by atoms with Crippen molar-refractivity contribution < 1.29 is 4.74 Å². The van der Waals surface area contributed by atoms with Crippen molar-refractivity contribution in [1.82, 2.24) is 9.88 Å². The molecule has 0 fully saturated rings. The van der Waals surface area contributed by atoms with Gasteiger partial charge in [-0.25, -0.2) is 0 Å². The number of ether oxygens (including phenoxy) is 1. The van der Waals surface area contributed by atoms with E-state index in [1.54, 1.807) is 7.11 Å². The number of fused-ring (bicyclic) bond motifs is 1. The van der Waals surface area contributed by atoms with E-state index in [1.165, 1.54) is 17.7 Å². The fraction of sp³-hybridized carbons (Fsp3) is 0.706. The second-order valence-electron chi connectivity index (χ2n) is 6.32. The summed E-state index contributed by atoms with van der Waals surface area (Å²) in [5, 5.41) is 3.39. The highest BCUT2D eigenvalue weighted by Crippen LogP contribution is 2.21. The lowest BCUT2D eigenvalue weighted by atomic mass is 10.1. The maximum atomic E-state index is 12.7. The number of pyridine rings is 1. The Hall–Kier alpha value is -1.13. The van der Waals surface area contributed by atoms with Crippen LogP contribution in [0.2, 0.25) is 0 Å². The van der Waals surface area contributed by atoms with Gasteiger partial charge in [-0.3, -0.25) is 4.79 Å². The predicted octanol–water partition coefficient (Wildman–Crippen LogP) is 2.12. The Balaban J connectivity index is 2.17. The number of nitrogens with one attached hydrogen (secondary N) is 1. The van der Waals surface area contributed by atoms with Gasteiger partial charge in [0.2, 0.25) is 0 Å². The largest absolute Gasteiger partial charge is 0.385 e. The molecule has 1 aliphatic carbocycles. The van der Waals surface area contributed by atoms with Gasteiger partial charge in [-0.15, -0.1) is 0 Å². The first-order valence-electron chi connectivity index (χ1n) is 8.07. The van der Waals surface area contributed by atoms with E-state index < -0.39 is 0 Å². The van der Waals surface area contributed by atoms with Gasteiger partial charge in [-0.2, -0.15) is 0 Å². The van der Waals surface area contributed by atoms with Gasteiger partial charge < -0.3 is 14.6 Å². The molecule has 118 valence electrons. The third kappa shape index (κ3) is 4.17. The van der Waals surface area contributed by atoms with Crippen LogP contribution in [0.4, 0.5) is 0 Å². The molecule has 0 amide bonds. The van der Waals surface area contributed by atoms with Gasteiger partial charge >= 0.3 is 0 Å². The lowest BCUT2D eigenvalue weighted by Crippen LogP contribution is -2.31. The maximum Gasteiger partial charge on any atom is 0.255 e. The van der Waals surface area contributed by atoms with Crippen LogP contribution in [0.1, 0.15) is 43.5 Å². The number of hydrogen-bond acceptors (Lipinski definition) is 3. The molecule has 0 aliphatic heterocycles. The number of nitrogens with zero attached hydrogens (tertiary/aromatic N) is 1. The molecule has 4 nitrogen and oxygen atoms in total. The Morgan fingerprint density at radius 3 is 2.90 bits per heavy atom. The van der Waals surface area contributed by atoms with Crippen LogP contribution in [0.15, 0.2) is 10.9 Å². The van der Waals surface area contributed by atoms with Crippen LogP contribution in [0.5, 0.6) is 0 Å². The molecule has 0 aromatic carbocycles. The highest BCUT2D eigenvalue weighted by Gasteiger charge is 2.18. The van der Waals surface area contributed by atoms with Gasteiger partial charge in [0.05, 0.1) is 0 Å². The summed E-state index contributed by atoms with van der Waals surface area (Å²) < 4.78 is 7.11. The summed E-state index contributed by atoms with van der Waals surface area (Å²) in [6.07, 6.45) is 4.21. The van der Waals surface area contributed by atoms with Crippen LogP contribution >= 0.6 is 0 Å². The number of methoxy groups -OCH3 is 1. The average Bonchev–Trinajstić information content (AvgIpc) is 2.90. The quantitative estimate of drug-likeness (QED) is 0.746. The molecule has 0 saturated heterocycles. The first-order chi connectivity index (χ1) is 10.1. The van der Waals surface area contributed by atoms with Crippen molar-refractivity contribution in [2.24, 2.45) is 5.92 Å². The zero-order chi connectivity index (χ0) is 15.2. The van der Waals surface area contributed by atoms with Crippen molar-refractivity contribution in [3.8, 4) is 0 Å². The van der Waals surface area contributed by atoms with Crippen LogP contribution in [-0.4, -0.2) is 24.8 Å². The van der Waals surface area contributed by atoms with E-state index in [1.807, 2.05) is 4.57 Å². The summed E-state index contributed by atoms with van der Waals surface area (Å²) in [5.74, 6) is 0.600. The summed E-state index contributed by atoms with van der Waals surface area (Å²) in [6.45, 7) is 7.45. The number of aryl methyl sites for hydroxylation is 1. The van der Waals surface area contributed by atoms with Gasteiger partial charge in [0, 0.05) is 38.1 Å². The maximum absolute atomic E-state index is 12.7. The Morgan fingerprint density at radius 1 is 1.38 bits per heavy atom. The summed E-state index contributed by atoms with van der Waals surface area (Å²) in [6, 6.07) is 2.13. The molecule has 0 saturated carbocycles. The molecule has 1 heterocycles. The van der Waals surface area contributed by atoms with Gasteiger partial charge in [-0.05, 0) is 49.8 Å². The lowest BCUT2D eigenvalue weighted by molar-refractivity contribution is 0.189. The number of aromatic nitrogens is 1. The first kappa shape index (κ1) is 16.2. The second kappa shape index (κ2) is 7.76. The van der Waals surface area contributed by atoms with Crippen LogP contribution in [0, 0.1) is 5.92 Å². The third-order valence-corrected chi connectivity index (χ3v) is 4.02. The SMILES string of the molecule is COCCCn1c2c(cc(CNCC(C)C)c1=O)CCC2. The lowest BCUT2D eigenvalue weighted by Gasteiger charge is -2.15. The normalized spacial score (nSPS) is 13.9. The fourth-order valence-electron chi connectivity index (χ4n) is 3.01. The van der Waals surface area contributed by atoms with Crippen LogP contribution in [-0.2, 0) is 30.7 Å². The average molecular weight is 292 g/mol. The van der Waals surface area contributed by atoms with E-state index in [0.29, 0.717) is 19.1 Å². The zero-order valence-corrected chi connectivity index (χ0v) is 13.6. The molecule has 1 N–H and O–H groups in total. The van der Waals surface area contributed by atoms with Gasteiger partial charge in [0.15, 0.2) is 0 Å². The zero-order valence-electron chi connectivity index (χ0n) is 13.6. The Bertz CT molecular complexity index is 520. The highest BCUT2D eigenvalue weighted by atomic mass is 16.5. The molecule has 2 rings (SSSR count). The molecule has 1 aromatic rings.